The van der Waals surface area contributed by atoms with Crippen molar-refractivity contribution < 1.29 is 8.42 Å². The molecule has 0 radical (unpaired) electrons. The lowest BCUT2D eigenvalue weighted by Crippen LogP contribution is -2.32. The SMILES string of the molecule is O=S(=O)(c1ccc(Br)cc1Br)N1C[C@H]2CNC[C@H]2C1. The normalized spacial score (nSPS) is 27.7. The molecule has 0 unspecified atom stereocenters. The van der Waals surface area contributed by atoms with Gasteiger partial charge in [-0.05, 0) is 59.1 Å². The van der Waals surface area contributed by atoms with Gasteiger partial charge in [0.25, 0.3) is 0 Å². The molecule has 0 saturated carbocycles. The van der Waals surface area contributed by atoms with Gasteiger partial charge in [-0.3, -0.25) is 0 Å². The van der Waals surface area contributed by atoms with Crippen LogP contribution in [0.3, 0.4) is 0 Å². The van der Waals surface area contributed by atoms with Gasteiger partial charge in [0.1, 0.15) is 0 Å². The van der Waals surface area contributed by atoms with Crippen molar-refractivity contribution in [1.82, 2.24) is 9.62 Å². The van der Waals surface area contributed by atoms with E-state index < -0.39 is 10.0 Å². The van der Waals surface area contributed by atoms with Crippen molar-refractivity contribution in [1.29, 1.82) is 0 Å². The number of sulfonamides is 1. The minimum Gasteiger partial charge on any atom is -0.316 e. The van der Waals surface area contributed by atoms with Crippen LogP contribution in [0.5, 0.6) is 0 Å². The maximum Gasteiger partial charge on any atom is 0.244 e. The van der Waals surface area contributed by atoms with E-state index in [2.05, 4.69) is 37.2 Å². The average Bonchev–Trinajstić information content (AvgIpc) is 2.87. The molecule has 2 fully saturated rings. The predicted molar refractivity (Wildman–Crippen MR) is 80.5 cm³/mol. The number of fused-ring (bicyclic) bond motifs is 1. The summed E-state index contributed by atoms with van der Waals surface area (Å²) in [6.07, 6.45) is 0. The first kappa shape index (κ1) is 14.0. The Morgan fingerprint density at radius 2 is 1.79 bits per heavy atom. The van der Waals surface area contributed by atoms with Crippen molar-refractivity contribution in [2.45, 2.75) is 4.90 Å². The van der Waals surface area contributed by atoms with E-state index in [0.29, 0.717) is 34.3 Å². The highest BCUT2D eigenvalue weighted by molar-refractivity contribution is 9.11. The maximum atomic E-state index is 12.7. The Morgan fingerprint density at radius 1 is 1.16 bits per heavy atom. The zero-order chi connectivity index (χ0) is 13.6. The quantitative estimate of drug-likeness (QED) is 0.813. The van der Waals surface area contributed by atoms with Crippen LogP contribution in [-0.4, -0.2) is 38.9 Å². The number of nitrogens with zero attached hydrogens (tertiary/aromatic N) is 1. The molecule has 2 atom stereocenters. The molecule has 7 heteroatoms. The van der Waals surface area contributed by atoms with Crippen LogP contribution in [0.25, 0.3) is 0 Å². The molecule has 0 bridgehead atoms. The summed E-state index contributed by atoms with van der Waals surface area (Å²) in [5.74, 6) is 0.924. The standard InChI is InChI=1S/C12H14Br2N2O2S/c13-10-1-2-12(11(14)3-10)19(17,18)16-6-8-4-15-5-9(8)7-16/h1-3,8-9,15H,4-7H2/t8-,9+. The number of rotatable bonds is 2. The molecule has 0 spiro atoms. The van der Waals surface area contributed by atoms with Crippen molar-refractivity contribution in [2.75, 3.05) is 26.2 Å². The Balaban J connectivity index is 1.91. The molecule has 1 N–H and O–H groups in total. The molecule has 0 amide bonds. The summed E-state index contributed by atoms with van der Waals surface area (Å²) in [7, 11) is -3.39. The Hall–Kier alpha value is 0.0500. The minimum atomic E-state index is -3.39. The van der Waals surface area contributed by atoms with E-state index in [9.17, 15) is 8.42 Å². The third kappa shape index (κ3) is 2.51. The predicted octanol–water partition coefficient (Wildman–Crippen LogP) is 2.05. The Bertz CT molecular complexity index is 594. The number of hydrogen-bond donors (Lipinski definition) is 1. The highest BCUT2D eigenvalue weighted by atomic mass is 79.9. The first-order valence-electron chi connectivity index (χ1n) is 6.14. The molecule has 104 valence electrons. The van der Waals surface area contributed by atoms with Crippen molar-refractivity contribution in [2.24, 2.45) is 11.8 Å². The molecule has 3 rings (SSSR count). The van der Waals surface area contributed by atoms with Crippen LogP contribution in [-0.2, 0) is 10.0 Å². The van der Waals surface area contributed by atoms with Gasteiger partial charge in [-0.25, -0.2) is 8.42 Å². The van der Waals surface area contributed by atoms with Crippen LogP contribution in [0.4, 0.5) is 0 Å². The van der Waals surface area contributed by atoms with Gasteiger partial charge in [-0.2, -0.15) is 4.31 Å². The first-order chi connectivity index (χ1) is 8.98. The molecule has 2 aliphatic rings. The Kier molecular flexibility index (Phi) is 3.77. The van der Waals surface area contributed by atoms with Crippen molar-refractivity contribution in [3.8, 4) is 0 Å². The number of nitrogens with one attached hydrogen (secondary N) is 1. The van der Waals surface area contributed by atoms with Crippen LogP contribution in [0.2, 0.25) is 0 Å². The fourth-order valence-corrected chi connectivity index (χ4v) is 6.09. The van der Waals surface area contributed by atoms with Crippen LogP contribution in [0, 0.1) is 11.8 Å². The van der Waals surface area contributed by atoms with E-state index in [1.165, 1.54) is 0 Å². The summed E-state index contributed by atoms with van der Waals surface area (Å²) in [5, 5.41) is 3.32. The number of halogens is 2. The Labute approximate surface area is 129 Å². The van der Waals surface area contributed by atoms with Gasteiger partial charge in [-0.1, -0.05) is 15.9 Å². The van der Waals surface area contributed by atoms with Crippen molar-refractivity contribution in [3.05, 3.63) is 27.1 Å². The number of hydrogen-bond acceptors (Lipinski definition) is 3. The summed E-state index contributed by atoms with van der Waals surface area (Å²) in [6, 6.07) is 5.18. The van der Waals surface area contributed by atoms with E-state index in [4.69, 9.17) is 0 Å². The molecule has 2 saturated heterocycles. The number of benzene rings is 1. The molecule has 2 heterocycles. The molecule has 0 aliphatic carbocycles. The van der Waals surface area contributed by atoms with E-state index >= 15 is 0 Å². The fraction of sp³-hybridized carbons (Fsp3) is 0.500. The maximum absolute atomic E-state index is 12.7. The summed E-state index contributed by atoms with van der Waals surface area (Å²) in [5.41, 5.74) is 0. The smallest absolute Gasteiger partial charge is 0.244 e. The second-order valence-corrected chi connectivity index (χ2v) is 8.75. The van der Waals surface area contributed by atoms with E-state index in [0.717, 1.165) is 17.6 Å². The monoisotopic (exact) mass is 408 g/mol. The zero-order valence-corrected chi connectivity index (χ0v) is 14.1. The minimum absolute atomic E-state index is 0.351. The van der Waals surface area contributed by atoms with Gasteiger partial charge in [0.05, 0.1) is 4.90 Å². The van der Waals surface area contributed by atoms with Gasteiger partial charge >= 0.3 is 0 Å². The Morgan fingerprint density at radius 3 is 2.37 bits per heavy atom. The van der Waals surface area contributed by atoms with Gasteiger partial charge in [-0.15, -0.1) is 0 Å². The van der Waals surface area contributed by atoms with Crippen LogP contribution in [0.1, 0.15) is 0 Å². The second-order valence-electron chi connectivity index (χ2n) is 5.08. The third-order valence-corrected chi connectivity index (χ3v) is 7.17. The summed E-state index contributed by atoms with van der Waals surface area (Å²) >= 11 is 6.68. The average molecular weight is 410 g/mol. The van der Waals surface area contributed by atoms with Gasteiger partial charge < -0.3 is 5.32 Å². The van der Waals surface area contributed by atoms with E-state index in [1.807, 2.05) is 0 Å². The van der Waals surface area contributed by atoms with Gasteiger partial charge in [0.2, 0.25) is 10.0 Å². The molecule has 0 aromatic heterocycles. The molecule has 19 heavy (non-hydrogen) atoms. The molecule has 4 nitrogen and oxygen atoms in total. The lowest BCUT2D eigenvalue weighted by Gasteiger charge is -2.18. The molecular formula is C12H14Br2N2O2S. The summed E-state index contributed by atoms with van der Waals surface area (Å²) in [6.45, 7) is 3.11. The van der Waals surface area contributed by atoms with E-state index in [1.54, 1.807) is 22.5 Å². The van der Waals surface area contributed by atoms with Crippen LogP contribution >= 0.6 is 31.9 Å². The van der Waals surface area contributed by atoms with Gasteiger partial charge in [0, 0.05) is 22.0 Å². The van der Waals surface area contributed by atoms with Crippen LogP contribution in [0.15, 0.2) is 32.0 Å². The van der Waals surface area contributed by atoms with E-state index in [-0.39, 0.29) is 0 Å². The largest absolute Gasteiger partial charge is 0.316 e. The molecular weight excluding hydrogens is 396 g/mol. The molecule has 1 aromatic carbocycles. The fourth-order valence-electron chi connectivity index (χ4n) is 2.83. The van der Waals surface area contributed by atoms with Crippen molar-refractivity contribution in [3.63, 3.8) is 0 Å². The highest BCUT2D eigenvalue weighted by Crippen LogP contribution is 2.34. The topological polar surface area (TPSA) is 49.4 Å². The molecule has 1 aromatic rings. The lowest BCUT2D eigenvalue weighted by molar-refractivity contribution is 0.447. The van der Waals surface area contributed by atoms with Crippen LogP contribution < -0.4 is 5.32 Å². The lowest BCUT2D eigenvalue weighted by atomic mass is 10.0. The highest BCUT2D eigenvalue weighted by Gasteiger charge is 2.41. The summed E-state index contributed by atoms with van der Waals surface area (Å²) < 4.78 is 28.4. The van der Waals surface area contributed by atoms with Gasteiger partial charge in [0.15, 0.2) is 0 Å². The van der Waals surface area contributed by atoms with Crippen molar-refractivity contribution >= 4 is 41.9 Å². The third-order valence-electron chi connectivity index (χ3n) is 3.87. The second kappa shape index (κ2) is 5.11. The summed E-state index contributed by atoms with van der Waals surface area (Å²) in [4.78, 5) is 0.351. The molecule has 2 aliphatic heterocycles. The first-order valence-corrected chi connectivity index (χ1v) is 9.17. The zero-order valence-electron chi connectivity index (χ0n) is 10.1.